The number of hydrogen-bond donors (Lipinski definition) is 0. The van der Waals surface area contributed by atoms with Gasteiger partial charge in [0.2, 0.25) is 5.79 Å². The summed E-state index contributed by atoms with van der Waals surface area (Å²) in [7, 11) is 0. The third-order valence-electron chi connectivity index (χ3n) is 2.51. The highest BCUT2D eigenvalue weighted by molar-refractivity contribution is 5.25. The van der Waals surface area contributed by atoms with Crippen molar-refractivity contribution in [2.75, 3.05) is 13.2 Å². The molecule has 0 bridgehead atoms. The number of ether oxygens (including phenoxy) is 2. The minimum absolute atomic E-state index is 0.625. The van der Waals surface area contributed by atoms with Crippen molar-refractivity contribution in [1.29, 1.82) is 0 Å². The Hall–Kier alpha value is -0.860. The van der Waals surface area contributed by atoms with E-state index in [4.69, 9.17) is 9.47 Å². The van der Waals surface area contributed by atoms with E-state index < -0.39 is 5.79 Å². The molecule has 89 valence electrons. The average Bonchev–Trinajstić information content (AvgIpc) is 2.29. The summed E-state index contributed by atoms with van der Waals surface area (Å²) in [6.45, 7) is 9.30. The van der Waals surface area contributed by atoms with Gasteiger partial charge in [-0.25, -0.2) is 0 Å². The highest BCUT2D eigenvalue weighted by Crippen LogP contribution is 2.36. The molecule has 0 aliphatic heterocycles. The Morgan fingerprint density at radius 2 is 1.50 bits per heavy atom. The van der Waals surface area contributed by atoms with Crippen LogP contribution in [-0.2, 0) is 15.3 Å². The van der Waals surface area contributed by atoms with E-state index in [1.165, 1.54) is 0 Å². The summed E-state index contributed by atoms with van der Waals surface area (Å²) >= 11 is 0. The zero-order chi connectivity index (χ0) is 12.0. The lowest BCUT2D eigenvalue weighted by Crippen LogP contribution is -2.37. The van der Waals surface area contributed by atoms with E-state index in [-0.39, 0.29) is 0 Å². The molecule has 0 aliphatic rings. The van der Waals surface area contributed by atoms with Gasteiger partial charge in [-0.3, -0.25) is 0 Å². The Bertz CT molecular complexity index is 287. The van der Waals surface area contributed by atoms with Crippen molar-refractivity contribution < 1.29 is 9.47 Å². The monoisotopic (exact) mass is 221 g/mol. The summed E-state index contributed by atoms with van der Waals surface area (Å²) in [6.07, 6.45) is 0. The predicted molar refractivity (Wildman–Crippen MR) is 66.0 cm³/mol. The zero-order valence-corrected chi connectivity index (χ0v) is 10.6. The first-order valence-corrected chi connectivity index (χ1v) is 5.81. The molecule has 0 spiro atoms. The molecule has 1 rings (SSSR count). The Labute approximate surface area is 98.6 Å². The Kier molecular flexibility index (Phi) is 4.97. The molecular formula is C14H21O2. The van der Waals surface area contributed by atoms with E-state index in [9.17, 15) is 0 Å². The third kappa shape index (κ3) is 2.63. The van der Waals surface area contributed by atoms with E-state index >= 15 is 0 Å². The molecule has 0 aromatic heterocycles. The third-order valence-corrected chi connectivity index (χ3v) is 2.51. The Balaban J connectivity index is 3.10. The van der Waals surface area contributed by atoms with Crippen LogP contribution < -0.4 is 0 Å². The van der Waals surface area contributed by atoms with E-state index in [0.29, 0.717) is 13.2 Å². The molecule has 1 radical (unpaired) electrons. The van der Waals surface area contributed by atoms with Crippen LogP contribution >= 0.6 is 0 Å². The van der Waals surface area contributed by atoms with Gasteiger partial charge in [0, 0.05) is 24.7 Å². The quantitative estimate of drug-likeness (QED) is 0.684. The summed E-state index contributed by atoms with van der Waals surface area (Å²) in [4.78, 5) is 0. The van der Waals surface area contributed by atoms with E-state index in [2.05, 4.69) is 0 Å². The first kappa shape index (κ1) is 13.2. The van der Waals surface area contributed by atoms with Crippen LogP contribution in [0.15, 0.2) is 30.3 Å². The molecule has 0 N–H and O–H groups in total. The van der Waals surface area contributed by atoms with E-state index in [0.717, 1.165) is 11.5 Å². The summed E-state index contributed by atoms with van der Waals surface area (Å²) in [5, 5.41) is 0. The topological polar surface area (TPSA) is 18.5 Å². The number of rotatable bonds is 6. The van der Waals surface area contributed by atoms with Crippen LogP contribution in [0.5, 0.6) is 0 Å². The van der Waals surface area contributed by atoms with Crippen molar-refractivity contribution in [2.45, 2.75) is 33.5 Å². The van der Waals surface area contributed by atoms with Crippen LogP contribution in [0.2, 0.25) is 0 Å². The van der Waals surface area contributed by atoms with Gasteiger partial charge in [0.1, 0.15) is 0 Å². The number of benzene rings is 1. The molecule has 0 saturated heterocycles. The molecule has 2 heteroatoms. The maximum atomic E-state index is 5.86. The van der Waals surface area contributed by atoms with Gasteiger partial charge in [0.15, 0.2) is 0 Å². The van der Waals surface area contributed by atoms with Crippen LogP contribution in [0.1, 0.15) is 33.3 Å². The summed E-state index contributed by atoms with van der Waals surface area (Å²) in [5.74, 6) is 0.424. The average molecular weight is 221 g/mol. The van der Waals surface area contributed by atoms with Crippen LogP contribution in [0, 0.1) is 5.92 Å². The minimum atomic E-state index is -0.690. The van der Waals surface area contributed by atoms with E-state index in [1.807, 2.05) is 58.0 Å². The summed E-state index contributed by atoms with van der Waals surface area (Å²) < 4.78 is 11.7. The first-order chi connectivity index (χ1) is 7.67. The van der Waals surface area contributed by atoms with Crippen molar-refractivity contribution in [3.05, 3.63) is 41.8 Å². The van der Waals surface area contributed by atoms with Gasteiger partial charge < -0.3 is 9.47 Å². The molecule has 1 aromatic rings. The van der Waals surface area contributed by atoms with Crippen molar-refractivity contribution in [3.63, 3.8) is 0 Å². The molecule has 0 fully saturated rings. The molecule has 1 aromatic carbocycles. The predicted octanol–water partition coefficient (Wildman–Crippen LogP) is 3.53. The molecule has 0 heterocycles. The second-order valence-electron chi connectivity index (χ2n) is 3.85. The van der Waals surface area contributed by atoms with Crippen molar-refractivity contribution in [3.8, 4) is 0 Å². The molecule has 16 heavy (non-hydrogen) atoms. The molecular weight excluding hydrogens is 200 g/mol. The van der Waals surface area contributed by atoms with Crippen molar-refractivity contribution in [2.24, 2.45) is 0 Å². The standard InChI is InChI=1S/C14H21O2/c1-5-15-14(12(3)4,16-6-2)13-10-8-7-9-11-13/h7-11H,5-6H2,1-4H3. The van der Waals surface area contributed by atoms with Gasteiger partial charge in [-0.15, -0.1) is 0 Å². The molecule has 0 aliphatic carbocycles. The minimum Gasteiger partial charge on any atom is -0.346 e. The highest BCUT2D eigenvalue weighted by atomic mass is 16.7. The lowest BCUT2D eigenvalue weighted by Gasteiger charge is -2.36. The van der Waals surface area contributed by atoms with Gasteiger partial charge in [0.05, 0.1) is 0 Å². The SMILES string of the molecule is CCOC(OCC)([C](C)C)c1ccccc1. The molecule has 0 saturated carbocycles. The van der Waals surface area contributed by atoms with Crippen molar-refractivity contribution >= 4 is 0 Å². The van der Waals surface area contributed by atoms with Crippen LogP contribution in [0.4, 0.5) is 0 Å². The lowest BCUT2D eigenvalue weighted by molar-refractivity contribution is -0.229. The second-order valence-corrected chi connectivity index (χ2v) is 3.85. The fraction of sp³-hybridized carbons (Fsp3) is 0.500. The smallest absolute Gasteiger partial charge is 0.200 e. The largest absolute Gasteiger partial charge is 0.346 e. The van der Waals surface area contributed by atoms with Gasteiger partial charge in [-0.1, -0.05) is 44.2 Å². The molecule has 0 unspecified atom stereocenters. The van der Waals surface area contributed by atoms with Gasteiger partial charge in [-0.2, -0.15) is 0 Å². The maximum absolute atomic E-state index is 5.86. The first-order valence-electron chi connectivity index (χ1n) is 5.81. The van der Waals surface area contributed by atoms with E-state index in [1.54, 1.807) is 0 Å². The molecule has 2 nitrogen and oxygen atoms in total. The van der Waals surface area contributed by atoms with Crippen LogP contribution in [0.3, 0.4) is 0 Å². The zero-order valence-electron chi connectivity index (χ0n) is 10.6. The van der Waals surface area contributed by atoms with Gasteiger partial charge in [0.25, 0.3) is 0 Å². The Morgan fingerprint density at radius 1 is 1.00 bits per heavy atom. The molecule has 0 amide bonds. The summed E-state index contributed by atoms with van der Waals surface area (Å²) in [5.41, 5.74) is 1.05. The normalized spacial score (nSPS) is 12.1. The summed E-state index contributed by atoms with van der Waals surface area (Å²) in [6, 6.07) is 10.1. The van der Waals surface area contributed by atoms with Gasteiger partial charge >= 0.3 is 0 Å². The fourth-order valence-electron chi connectivity index (χ4n) is 1.85. The van der Waals surface area contributed by atoms with Crippen LogP contribution in [0.25, 0.3) is 0 Å². The van der Waals surface area contributed by atoms with Crippen molar-refractivity contribution in [1.82, 2.24) is 0 Å². The van der Waals surface area contributed by atoms with Crippen LogP contribution in [-0.4, -0.2) is 13.2 Å². The van der Waals surface area contributed by atoms with Gasteiger partial charge in [-0.05, 0) is 13.8 Å². The number of hydrogen-bond acceptors (Lipinski definition) is 2. The highest BCUT2D eigenvalue weighted by Gasteiger charge is 2.37. The maximum Gasteiger partial charge on any atom is 0.200 e. The fourth-order valence-corrected chi connectivity index (χ4v) is 1.85. The Morgan fingerprint density at radius 3 is 1.88 bits per heavy atom. The molecule has 0 atom stereocenters. The lowest BCUT2D eigenvalue weighted by atomic mass is 9.94. The second kappa shape index (κ2) is 6.02.